The maximum absolute atomic E-state index is 3.00. The molecule has 54 valence electrons. The second kappa shape index (κ2) is 5.83. The summed E-state index contributed by atoms with van der Waals surface area (Å²) in [7, 11) is 0. The van der Waals surface area contributed by atoms with E-state index in [1.807, 2.05) is 0 Å². The standard InChI is InChI=1S/C6H13N.C2H4/c1-2-7-5-3-4-6-7;1-2/h2-6H2,1H3;1-2H2. The van der Waals surface area contributed by atoms with E-state index in [2.05, 4.69) is 25.0 Å². The SMILES string of the molecule is C=C.CCN1CCCC1. The first kappa shape index (κ1) is 8.70. The number of nitrogens with zero attached hydrogens (tertiary/aromatic N) is 1. The summed E-state index contributed by atoms with van der Waals surface area (Å²) in [4.78, 5) is 2.49. The number of rotatable bonds is 1. The zero-order valence-electron chi connectivity index (χ0n) is 6.40. The minimum Gasteiger partial charge on any atom is -0.304 e. The summed E-state index contributed by atoms with van der Waals surface area (Å²) in [5.74, 6) is 0. The highest BCUT2D eigenvalue weighted by Crippen LogP contribution is 2.04. The van der Waals surface area contributed by atoms with E-state index in [1.54, 1.807) is 0 Å². The van der Waals surface area contributed by atoms with Gasteiger partial charge in [0.05, 0.1) is 0 Å². The van der Waals surface area contributed by atoms with Crippen LogP contribution in [0, 0.1) is 0 Å². The van der Waals surface area contributed by atoms with Crippen molar-refractivity contribution in [3.8, 4) is 0 Å². The van der Waals surface area contributed by atoms with Crippen LogP contribution in [0.4, 0.5) is 0 Å². The van der Waals surface area contributed by atoms with Gasteiger partial charge in [0.1, 0.15) is 0 Å². The lowest BCUT2D eigenvalue weighted by Crippen LogP contribution is -2.17. The number of hydrogen-bond acceptors (Lipinski definition) is 1. The van der Waals surface area contributed by atoms with Crippen LogP contribution < -0.4 is 0 Å². The van der Waals surface area contributed by atoms with Crippen molar-refractivity contribution in [1.29, 1.82) is 0 Å². The summed E-state index contributed by atoms with van der Waals surface area (Å²) >= 11 is 0. The molecule has 1 nitrogen and oxygen atoms in total. The topological polar surface area (TPSA) is 3.24 Å². The van der Waals surface area contributed by atoms with Crippen molar-refractivity contribution in [2.75, 3.05) is 19.6 Å². The van der Waals surface area contributed by atoms with Gasteiger partial charge in [0, 0.05) is 0 Å². The van der Waals surface area contributed by atoms with Gasteiger partial charge in [-0.25, -0.2) is 0 Å². The summed E-state index contributed by atoms with van der Waals surface area (Å²) in [6.07, 6.45) is 2.85. The molecule has 0 unspecified atom stereocenters. The van der Waals surface area contributed by atoms with E-state index >= 15 is 0 Å². The lowest BCUT2D eigenvalue weighted by atomic mass is 10.4. The Bertz CT molecular complexity index is 55.6. The lowest BCUT2D eigenvalue weighted by Gasteiger charge is -2.08. The average Bonchev–Trinajstić information content (AvgIpc) is 2.43. The number of likely N-dealkylation sites (tertiary alicyclic amines) is 1. The molecule has 0 aromatic heterocycles. The van der Waals surface area contributed by atoms with Crippen LogP contribution in [-0.2, 0) is 0 Å². The van der Waals surface area contributed by atoms with Crippen molar-refractivity contribution < 1.29 is 0 Å². The molecule has 1 aliphatic heterocycles. The molecule has 1 fully saturated rings. The van der Waals surface area contributed by atoms with Crippen LogP contribution in [0.3, 0.4) is 0 Å². The van der Waals surface area contributed by atoms with Gasteiger partial charge in [0.15, 0.2) is 0 Å². The van der Waals surface area contributed by atoms with E-state index in [4.69, 9.17) is 0 Å². The van der Waals surface area contributed by atoms with Gasteiger partial charge in [-0.1, -0.05) is 6.92 Å². The van der Waals surface area contributed by atoms with E-state index in [-0.39, 0.29) is 0 Å². The van der Waals surface area contributed by atoms with E-state index in [0.29, 0.717) is 0 Å². The molecule has 0 aliphatic carbocycles. The molecule has 0 N–H and O–H groups in total. The van der Waals surface area contributed by atoms with Crippen LogP contribution in [0.15, 0.2) is 13.2 Å². The molecule has 9 heavy (non-hydrogen) atoms. The predicted octanol–water partition coefficient (Wildman–Crippen LogP) is 1.90. The van der Waals surface area contributed by atoms with Crippen LogP contribution in [0.2, 0.25) is 0 Å². The second-order valence-corrected chi connectivity index (χ2v) is 2.14. The summed E-state index contributed by atoms with van der Waals surface area (Å²) in [6, 6.07) is 0. The fraction of sp³-hybridized carbons (Fsp3) is 0.750. The van der Waals surface area contributed by atoms with Crippen molar-refractivity contribution >= 4 is 0 Å². The maximum atomic E-state index is 3.00. The molecule has 1 aliphatic rings. The average molecular weight is 127 g/mol. The van der Waals surface area contributed by atoms with Crippen LogP contribution in [0.5, 0.6) is 0 Å². The monoisotopic (exact) mass is 127 g/mol. The third kappa shape index (κ3) is 3.31. The third-order valence-electron chi connectivity index (χ3n) is 1.65. The first-order chi connectivity index (χ1) is 4.43. The first-order valence-electron chi connectivity index (χ1n) is 3.66. The molecule has 0 atom stereocenters. The molecular weight excluding hydrogens is 110 g/mol. The van der Waals surface area contributed by atoms with E-state index in [0.717, 1.165) is 0 Å². The molecule has 1 rings (SSSR count). The van der Waals surface area contributed by atoms with Crippen molar-refractivity contribution in [1.82, 2.24) is 4.90 Å². The van der Waals surface area contributed by atoms with Crippen molar-refractivity contribution in [2.45, 2.75) is 19.8 Å². The van der Waals surface area contributed by atoms with Gasteiger partial charge in [0.2, 0.25) is 0 Å². The molecule has 1 saturated heterocycles. The van der Waals surface area contributed by atoms with Gasteiger partial charge >= 0.3 is 0 Å². The van der Waals surface area contributed by atoms with E-state index < -0.39 is 0 Å². The second-order valence-electron chi connectivity index (χ2n) is 2.14. The summed E-state index contributed by atoms with van der Waals surface area (Å²) in [5, 5.41) is 0. The first-order valence-corrected chi connectivity index (χ1v) is 3.66. The van der Waals surface area contributed by atoms with Gasteiger partial charge in [-0.3, -0.25) is 0 Å². The fourth-order valence-corrected chi connectivity index (χ4v) is 1.10. The van der Waals surface area contributed by atoms with Crippen molar-refractivity contribution in [3.05, 3.63) is 13.2 Å². The highest BCUT2D eigenvalue weighted by atomic mass is 15.1. The van der Waals surface area contributed by atoms with Crippen molar-refractivity contribution in [3.63, 3.8) is 0 Å². The van der Waals surface area contributed by atoms with Crippen LogP contribution in [-0.4, -0.2) is 24.5 Å². The Kier molecular flexibility index (Phi) is 5.64. The zero-order valence-corrected chi connectivity index (χ0v) is 6.40. The van der Waals surface area contributed by atoms with Crippen LogP contribution in [0.1, 0.15) is 19.8 Å². The Morgan fingerprint density at radius 2 is 1.67 bits per heavy atom. The molecule has 0 amide bonds. The molecule has 0 bridgehead atoms. The van der Waals surface area contributed by atoms with E-state index in [1.165, 1.54) is 32.5 Å². The predicted molar refractivity (Wildman–Crippen MR) is 42.6 cm³/mol. The molecule has 0 aromatic rings. The minimum atomic E-state index is 1.25. The highest BCUT2D eigenvalue weighted by Gasteiger charge is 2.06. The van der Waals surface area contributed by atoms with Crippen LogP contribution >= 0.6 is 0 Å². The Balaban J connectivity index is 0.000000291. The molecule has 1 heterocycles. The highest BCUT2D eigenvalue weighted by molar-refractivity contribution is 4.62. The summed E-state index contributed by atoms with van der Waals surface area (Å²) in [5.41, 5.74) is 0. The Morgan fingerprint density at radius 3 is 1.89 bits per heavy atom. The van der Waals surface area contributed by atoms with Gasteiger partial charge in [-0.2, -0.15) is 0 Å². The molecule has 0 spiro atoms. The van der Waals surface area contributed by atoms with Gasteiger partial charge < -0.3 is 4.90 Å². The number of hydrogen-bond donors (Lipinski definition) is 0. The zero-order chi connectivity index (χ0) is 7.11. The maximum Gasteiger partial charge on any atom is -0.00184 e. The third-order valence-corrected chi connectivity index (χ3v) is 1.65. The van der Waals surface area contributed by atoms with Crippen molar-refractivity contribution in [2.24, 2.45) is 0 Å². The van der Waals surface area contributed by atoms with Crippen LogP contribution in [0.25, 0.3) is 0 Å². The fourth-order valence-electron chi connectivity index (χ4n) is 1.10. The normalized spacial score (nSPS) is 18.8. The lowest BCUT2D eigenvalue weighted by molar-refractivity contribution is 0.359. The minimum absolute atomic E-state index is 1.25. The summed E-state index contributed by atoms with van der Waals surface area (Å²) < 4.78 is 0. The largest absolute Gasteiger partial charge is 0.304 e. The molecule has 0 radical (unpaired) electrons. The molecular formula is C8H17N. The smallest absolute Gasteiger partial charge is 0.00184 e. The quantitative estimate of drug-likeness (QED) is 0.486. The Hall–Kier alpha value is -0.300. The van der Waals surface area contributed by atoms with Gasteiger partial charge in [0.25, 0.3) is 0 Å². The Morgan fingerprint density at radius 1 is 1.22 bits per heavy atom. The summed E-state index contributed by atoms with van der Waals surface area (Å²) in [6.45, 7) is 12.2. The van der Waals surface area contributed by atoms with Gasteiger partial charge in [-0.05, 0) is 32.5 Å². The molecule has 0 saturated carbocycles. The molecule has 1 heteroatoms. The molecule has 0 aromatic carbocycles. The van der Waals surface area contributed by atoms with Gasteiger partial charge in [-0.15, -0.1) is 13.2 Å². The Labute approximate surface area is 58.4 Å². The van der Waals surface area contributed by atoms with E-state index in [9.17, 15) is 0 Å².